The molecule has 4 aromatic carbocycles. The molecular formula is C25H20N2. The smallest absolute Gasteiger partial charge is 0.126 e. The van der Waals surface area contributed by atoms with Crippen LogP contribution in [0.25, 0.3) is 43.7 Å². The molecule has 0 radical (unpaired) electrons. The molecular weight excluding hydrogens is 328 g/mol. The Balaban J connectivity index is 1.90. The molecule has 130 valence electrons. The second-order valence-corrected chi connectivity index (χ2v) is 7.38. The van der Waals surface area contributed by atoms with Crippen LogP contribution in [0.3, 0.4) is 0 Å². The van der Waals surface area contributed by atoms with Crippen LogP contribution in [0, 0.1) is 20.8 Å². The summed E-state index contributed by atoms with van der Waals surface area (Å²) in [7, 11) is 0. The van der Waals surface area contributed by atoms with Gasteiger partial charge in [-0.3, -0.25) is 0 Å². The number of nitrogens with zero attached hydrogens (tertiary/aromatic N) is 2. The standard InChI is InChI=1S/C25H20N2/c1-15-10-16(2)12-21(11-15)24-22-9-8-20-13-18-6-4-5-7-19(18)14-23(20)25(22)27-17(3)26-24/h4-14H,1-3H3. The highest BCUT2D eigenvalue weighted by atomic mass is 14.9. The molecule has 0 unspecified atom stereocenters. The third-order valence-corrected chi connectivity index (χ3v) is 5.16. The van der Waals surface area contributed by atoms with E-state index in [2.05, 4.69) is 80.6 Å². The second kappa shape index (κ2) is 5.88. The lowest BCUT2D eigenvalue weighted by Gasteiger charge is -2.12. The van der Waals surface area contributed by atoms with Crippen molar-refractivity contribution in [2.45, 2.75) is 20.8 Å². The fourth-order valence-corrected chi connectivity index (χ4v) is 4.05. The Morgan fingerprint density at radius 3 is 2.04 bits per heavy atom. The quantitative estimate of drug-likeness (QED) is 0.254. The summed E-state index contributed by atoms with van der Waals surface area (Å²) in [5.74, 6) is 0.803. The monoisotopic (exact) mass is 348 g/mol. The molecule has 0 fully saturated rings. The fraction of sp³-hybridized carbons (Fsp3) is 0.120. The number of rotatable bonds is 1. The van der Waals surface area contributed by atoms with Crippen LogP contribution in [-0.2, 0) is 0 Å². The molecule has 0 atom stereocenters. The van der Waals surface area contributed by atoms with Crippen molar-refractivity contribution in [3.63, 3.8) is 0 Å². The third-order valence-electron chi connectivity index (χ3n) is 5.16. The molecule has 0 bridgehead atoms. The zero-order chi connectivity index (χ0) is 18.5. The Kier molecular flexibility index (Phi) is 3.48. The van der Waals surface area contributed by atoms with Crippen molar-refractivity contribution < 1.29 is 0 Å². The molecule has 0 aliphatic heterocycles. The van der Waals surface area contributed by atoms with Gasteiger partial charge in [-0.25, -0.2) is 9.97 Å². The number of aromatic nitrogens is 2. The maximum Gasteiger partial charge on any atom is 0.126 e. The molecule has 0 spiro atoms. The summed E-state index contributed by atoms with van der Waals surface area (Å²) in [5, 5.41) is 5.99. The minimum absolute atomic E-state index is 0.803. The van der Waals surface area contributed by atoms with Gasteiger partial charge in [0.25, 0.3) is 0 Å². The molecule has 0 saturated carbocycles. The molecule has 0 saturated heterocycles. The van der Waals surface area contributed by atoms with E-state index in [0.29, 0.717) is 0 Å². The Labute approximate surface area is 158 Å². The molecule has 0 aliphatic rings. The Morgan fingerprint density at radius 2 is 1.30 bits per heavy atom. The molecule has 5 aromatic rings. The first-order chi connectivity index (χ1) is 13.1. The molecule has 0 N–H and O–H groups in total. The average Bonchev–Trinajstić information content (AvgIpc) is 2.65. The van der Waals surface area contributed by atoms with E-state index in [1.165, 1.54) is 32.7 Å². The molecule has 2 heteroatoms. The second-order valence-electron chi connectivity index (χ2n) is 7.38. The molecule has 0 amide bonds. The molecule has 1 heterocycles. The highest BCUT2D eigenvalue weighted by Gasteiger charge is 2.12. The first-order valence-corrected chi connectivity index (χ1v) is 9.27. The van der Waals surface area contributed by atoms with E-state index in [1.54, 1.807) is 0 Å². The molecule has 2 nitrogen and oxygen atoms in total. The zero-order valence-electron chi connectivity index (χ0n) is 15.7. The predicted octanol–water partition coefficient (Wildman–Crippen LogP) is 6.53. The maximum absolute atomic E-state index is 4.83. The van der Waals surface area contributed by atoms with Gasteiger partial charge in [-0.05, 0) is 67.3 Å². The van der Waals surface area contributed by atoms with Gasteiger partial charge >= 0.3 is 0 Å². The van der Waals surface area contributed by atoms with Crippen LogP contribution in [0.2, 0.25) is 0 Å². The predicted molar refractivity (Wildman–Crippen MR) is 114 cm³/mol. The number of hydrogen-bond acceptors (Lipinski definition) is 2. The minimum atomic E-state index is 0.803. The number of hydrogen-bond donors (Lipinski definition) is 0. The Hall–Kier alpha value is -3.26. The largest absolute Gasteiger partial charge is 0.233 e. The summed E-state index contributed by atoms with van der Waals surface area (Å²) in [6, 6.07) is 24.0. The van der Waals surface area contributed by atoms with Gasteiger partial charge in [0.15, 0.2) is 0 Å². The summed E-state index contributed by atoms with van der Waals surface area (Å²) in [4.78, 5) is 9.64. The van der Waals surface area contributed by atoms with Gasteiger partial charge in [-0.15, -0.1) is 0 Å². The number of fused-ring (bicyclic) bond motifs is 4. The number of aryl methyl sites for hydroxylation is 3. The van der Waals surface area contributed by atoms with Gasteiger partial charge in [0.2, 0.25) is 0 Å². The fourth-order valence-electron chi connectivity index (χ4n) is 4.05. The summed E-state index contributed by atoms with van der Waals surface area (Å²) >= 11 is 0. The Morgan fingerprint density at radius 1 is 0.593 bits per heavy atom. The van der Waals surface area contributed by atoms with Crippen LogP contribution >= 0.6 is 0 Å². The van der Waals surface area contributed by atoms with Gasteiger partial charge in [0.1, 0.15) is 5.82 Å². The normalized spacial score (nSPS) is 11.5. The van der Waals surface area contributed by atoms with Crippen molar-refractivity contribution in [1.29, 1.82) is 0 Å². The van der Waals surface area contributed by atoms with Crippen LogP contribution in [0.1, 0.15) is 17.0 Å². The molecule has 1 aromatic heterocycles. The van der Waals surface area contributed by atoms with Crippen molar-refractivity contribution in [3.8, 4) is 11.3 Å². The van der Waals surface area contributed by atoms with Crippen LogP contribution in [0.4, 0.5) is 0 Å². The lowest BCUT2D eigenvalue weighted by atomic mass is 9.97. The van der Waals surface area contributed by atoms with Gasteiger partial charge < -0.3 is 0 Å². The van der Waals surface area contributed by atoms with E-state index in [-0.39, 0.29) is 0 Å². The van der Waals surface area contributed by atoms with E-state index < -0.39 is 0 Å². The first-order valence-electron chi connectivity index (χ1n) is 9.27. The van der Waals surface area contributed by atoms with E-state index in [9.17, 15) is 0 Å². The van der Waals surface area contributed by atoms with Gasteiger partial charge in [0.05, 0.1) is 11.2 Å². The lowest BCUT2D eigenvalue weighted by molar-refractivity contribution is 1.10. The van der Waals surface area contributed by atoms with Gasteiger partial charge in [-0.1, -0.05) is 47.5 Å². The Bertz CT molecular complexity index is 1330. The van der Waals surface area contributed by atoms with Crippen molar-refractivity contribution in [3.05, 3.63) is 83.7 Å². The summed E-state index contributed by atoms with van der Waals surface area (Å²) in [5.41, 5.74) is 5.70. The summed E-state index contributed by atoms with van der Waals surface area (Å²) in [6.45, 7) is 6.24. The molecule has 0 aliphatic carbocycles. The van der Waals surface area contributed by atoms with Crippen LogP contribution < -0.4 is 0 Å². The van der Waals surface area contributed by atoms with Gasteiger partial charge in [0, 0.05) is 16.3 Å². The van der Waals surface area contributed by atoms with Crippen LogP contribution in [-0.4, -0.2) is 9.97 Å². The minimum Gasteiger partial charge on any atom is -0.233 e. The van der Waals surface area contributed by atoms with Crippen molar-refractivity contribution in [2.75, 3.05) is 0 Å². The van der Waals surface area contributed by atoms with Crippen molar-refractivity contribution in [1.82, 2.24) is 9.97 Å². The van der Waals surface area contributed by atoms with E-state index in [0.717, 1.165) is 28.0 Å². The molecule has 5 rings (SSSR count). The maximum atomic E-state index is 4.83. The highest BCUT2D eigenvalue weighted by Crippen LogP contribution is 2.33. The molecule has 27 heavy (non-hydrogen) atoms. The number of benzene rings is 4. The first kappa shape index (κ1) is 16.0. The highest BCUT2D eigenvalue weighted by molar-refractivity contribution is 6.13. The zero-order valence-corrected chi connectivity index (χ0v) is 15.7. The van der Waals surface area contributed by atoms with E-state index in [1.807, 2.05) is 6.92 Å². The average molecular weight is 348 g/mol. The van der Waals surface area contributed by atoms with Crippen LogP contribution in [0.5, 0.6) is 0 Å². The van der Waals surface area contributed by atoms with E-state index >= 15 is 0 Å². The SMILES string of the molecule is Cc1cc(C)cc(-c2nc(C)nc3c2ccc2cc4ccccc4cc23)c1. The van der Waals surface area contributed by atoms with Gasteiger partial charge in [-0.2, -0.15) is 0 Å². The van der Waals surface area contributed by atoms with Crippen molar-refractivity contribution >= 4 is 32.4 Å². The van der Waals surface area contributed by atoms with Crippen LogP contribution in [0.15, 0.2) is 66.7 Å². The summed E-state index contributed by atoms with van der Waals surface area (Å²) in [6.07, 6.45) is 0. The lowest BCUT2D eigenvalue weighted by Crippen LogP contribution is -1.96. The third kappa shape index (κ3) is 2.65. The van der Waals surface area contributed by atoms with E-state index in [4.69, 9.17) is 9.97 Å². The summed E-state index contributed by atoms with van der Waals surface area (Å²) < 4.78 is 0. The van der Waals surface area contributed by atoms with Crippen molar-refractivity contribution in [2.24, 2.45) is 0 Å². The topological polar surface area (TPSA) is 25.8 Å².